The number of amides is 2. The van der Waals surface area contributed by atoms with Crippen molar-refractivity contribution >= 4 is 23.6 Å². The second-order valence-corrected chi connectivity index (χ2v) is 7.25. The van der Waals surface area contributed by atoms with Gasteiger partial charge in [0.1, 0.15) is 6.04 Å². The maximum atomic E-state index is 12.8. The fourth-order valence-electron chi connectivity index (χ4n) is 3.14. The van der Waals surface area contributed by atoms with Crippen LogP contribution >= 0.6 is 11.8 Å². The molecule has 132 valence electrons. The van der Waals surface area contributed by atoms with Gasteiger partial charge >= 0.3 is 0 Å². The van der Waals surface area contributed by atoms with Gasteiger partial charge in [-0.2, -0.15) is 11.8 Å². The van der Waals surface area contributed by atoms with Crippen LogP contribution in [0.2, 0.25) is 0 Å². The lowest BCUT2D eigenvalue weighted by atomic mass is 9.98. The van der Waals surface area contributed by atoms with Crippen molar-refractivity contribution in [2.75, 3.05) is 12.0 Å². The van der Waals surface area contributed by atoms with Gasteiger partial charge in [-0.3, -0.25) is 9.59 Å². The van der Waals surface area contributed by atoms with Gasteiger partial charge in [0.25, 0.3) is 0 Å². The summed E-state index contributed by atoms with van der Waals surface area (Å²) in [6.07, 6.45) is 7.37. The molecule has 0 fully saturated rings. The Morgan fingerprint density at radius 2 is 2.08 bits per heavy atom. The van der Waals surface area contributed by atoms with Gasteiger partial charge in [0.05, 0.1) is 6.04 Å². The molecule has 1 aliphatic rings. The Morgan fingerprint density at radius 3 is 2.83 bits per heavy atom. The summed E-state index contributed by atoms with van der Waals surface area (Å²) < 4.78 is 0. The van der Waals surface area contributed by atoms with E-state index in [4.69, 9.17) is 0 Å². The predicted octanol–water partition coefficient (Wildman–Crippen LogP) is 3.22. The quantitative estimate of drug-likeness (QED) is 0.744. The molecule has 0 saturated heterocycles. The molecule has 0 aromatic heterocycles. The number of aryl methyl sites for hydroxylation is 1. The van der Waals surface area contributed by atoms with Gasteiger partial charge in [0.2, 0.25) is 11.8 Å². The molecule has 2 amide bonds. The second-order valence-electron chi connectivity index (χ2n) is 6.26. The van der Waals surface area contributed by atoms with Crippen LogP contribution in [0.3, 0.4) is 0 Å². The smallest absolute Gasteiger partial charge is 0.243 e. The lowest BCUT2D eigenvalue weighted by Gasteiger charge is -2.24. The number of benzene rings is 1. The molecule has 0 aliphatic heterocycles. The highest BCUT2D eigenvalue weighted by Gasteiger charge is 2.25. The van der Waals surface area contributed by atoms with Gasteiger partial charge in [-0.1, -0.05) is 37.6 Å². The molecule has 2 N–H and O–H groups in total. The maximum Gasteiger partial charge on any atom is 0.243 e. The Morgan fingerprint density at radius 1 is 1.29 bits per heavy atom. The van der Waals surface area contributed by atoms with Crippen LogP contribution in [0.4, 0.5) is 0 Å². The Kier molecular flexibility index (Phi) is 7.63. The third-order valence-corrected chi connectivity index (χ3v) is 5.16. The van der Waals surface area contributed by atoms with E-state index in [9.17, 15) is 9.59 Å². The average molecular weight is 349 g/mol. The lowest BCUT2D eigenvalue weighted by molar-refractivity contribution is -0.129. The van der Waals surface area contributed by atoms with E-state index in [1.54, 1.807) is 18.7 Å². The number of hydrogen-bond acceptors (Lipinski definition) is 3. The van der Waals surface area contributed by atoms with Crippen molar-refractivity contribution < 1.29 is 9.59 Å². The van der Waals surface area contributed by atoms with Crippen LogP contribution < -0.4 is 10.6 Å². The zero-order chi connectivity index (χ0) is 17.4. The summed E-state index contributed by atoms with van der Waals surface area (Å²) in [6.45, 7) is 1.81. The van der Waals surface area contributed by atoms with E-state index in [0.717, 1.165) is 31.4 Å². The van der Waals surface area contributed by atoms with Crippen LogP contribution in [0.5, 0.6) is 0 Å². The highest BCUT2D eigenvalue weighted by atomic mass is 32.2. The Hall–Kier alpha value is -1.49. The minimum Gasteiger partial charge on any atom is -0.348 e. The molecule has 1 aromatic rings. The van der Waals surface area contributed by atoms with Crippen molar-refractivity contribution in [1.82, 2.24) is 10.6 Å². The molecule has 5 heteroatoms. The molecule has 0 bridgehead atoms. The fraction of sp³-hybridized carbons (Fsp3) is 0.579. The summed E-state index contributed by atoms with van der Waals surface area (Å²) >= 11 is 1.69. The van der Waals surface area contributed by atoms with Gasteiger partial charge in [-0.15, -0.1) is 0 Å². The molecule has 0 radical (unpaired) electrons. The number of carbonyl (C=O) groups is 2. The van der Waals surface area contributed by atoms with Crippen molar-refractivity contribution in [2.45, 2.75) is 57.5 Å². The molecular formula is C19H28N2O2S. The van der Waals surface area contributed by atoms with E-state index < -0.39 is 6.04 Å². The molecular weight excluding hydrogens is 320 g/mol. The van der Waals surface area contributed by atoms with Gasteiger partial charge in [-0.05, 0) is 48.8 Å². The summed E-state index contributed by atoms with van der Waals surface area (Å²) in [6, 6.07) is 7.97. The first-order valence-electron chi connectivity index (χ1n) is 8.82. The molecule has 1 aliphatic carbocycles. The normalized spacial score (nSPS) is 18.2. The van der Waals surface area contributed by atoms with E-state index in [2.05, 4.69) is 28.8 Å². The zero-order valence-electron chi connectivity index (χ0n) is 14.6. The maximum absolute atomic E-state index is 12.8. The minimum absolute atomic E-state index is 0.0477. The zero-order valence-corrected chi connectivity index (χ0v) is 15.5. The number of rotatable bonds is 7. The Bertz CT molecular complexity index is 562. The summed E-state index contributed by atoms with van der Waals surface area (Å²) in [7, 11) is 0. The SMILES string of the molecule is CCC(=O)N[C@H](CCSC)C(=O)N[C@H]1CCCCc2ccccc21. The van der Waals surface area contributed by atoms with E-state index in [1.165, 1.54) is 11.1 Å². The monoisotopic (exact) mass is 348 g/mol. The molecule has 1 aromatic carbocycles. The first-order chi connectivity index (χ1) is 11.7. The van der Waals surface area contributed by atoms with E-state index >= 15 is 0 Å². The molecule has 0 saturated carbocycles. The molecule has 4 nitrogen and oxygen atoms in total. The van der Waals surface area contributed by atoms with Crippen LogP contribution in [0.15, 0.2) is 24.3 Å². The molecule has 24 heavy (non-hydrogen) atoms. The standard InChI is InChI=1S/C19H28N2O2S/c1-3-18(22)20-17(12-13-24-2)19(23)21-16-11-7-5-9-14-8-4-6-10-15(14)16/h4,6,8,10,16-17H,3,5,7,9,11-13H2,1-2H3,(H,20,22)(H,21,23)/t16-,17+/m0/s1. The molecule has 0 heterocycles. The van der Waals surface area contributed by atoms with Gasteiger partial charge in [0.15, 0.2) is 0 Å². The fourth-order valence-corrected chi connectivity index (χ4v) is 3.62. The number of hydrogen-bond donors (Lipinski definition) is 2. The number of fused-ring (bicyclic) bond motifs is 1. The first-order valence-corrected chi connectivity index (χ1v) is 10.2. The second kappa shape index (κ2) is 9.72. The van der Waals surface area contributed by atoms with Crippen molar-refractivity contribution in [3.05, 3.63) is 35.4 Å². The van der Waals surface area contributed by atoms with Crippen molar-refractivity contribution in [2.24, 2.45) is 0 Å². The van der Waals surface area contributed by atoms with Crippen molar-refractivity contribution in [3.8, 4) is 0 Å². The summed E-state index contributed by atoms with van der Waals surface area (Å²) in [5.74, 6) is 0.716. The van der Waals surface area contributed by atoms with Crippen molar-refractivity contribution in [1.29, 1.82) is 0 Å². The van der Waals surface area contributed by atoms with Gasteiger partial charge in [-0.25, -0.2) is 0 Å². The minimum atomic E-state index is -0.444. The van der Waals surface area contributed by atoms with Crippen LogP contribution in [0, 0.1) is 0 Å². The van der Waals surface area contributed by atoms with Crippen LogP contribution in [0.1, 0.15) is 56.2 Å². The largest absolute Gasteiger partial charge is 0.348 e. The Balaban J connectivity index is 2.08. The topological polar surface area (TPSA) is 58.2 Å². The molecule has 0 spiro atoms. The Labute approximate surface area is 149 Å². The predicted molar refractivity (Wildman–Crippen MR) is 100 cm³/mol. The highest BCUT2D eigenvalue weighted by molar-refractivity contribution is 7.98. The van der Waals surface area contributed by atoms with E-state index in [-0.39, 0.29) is 17.9 Å². The summed E-state index contributed by atoms with van der Waals surface area (Å²) in [5.41, 5.74) is 2.56. The molecule has 2 rings (SSSR count). The molecule has 0 unspecified atom stereocenters. The summed E-state index contributed by atoms with van der Waals surface area (Å²) in [4.78, 5) is 24.5. The third kappa shape index (κ3) is 5.26. The first kappa shape index (κ1) is 18.8. The third-order valence-electron chi connectivity index (χ3n) is 4.52. The van der Waals surface area contributed by atoms with Crippen LogP contribution in [-0.2, 0) is 16.0 Å². The number of thioether (sulfide) groups is 1. The van der Waals surface area contributed by atoms with Gasteiger partial charge < -0.3 is 10.6 Å². The van der Waals surface area contributed by atoms with Crippen LogP contribution in [-0.4, -0.2) is 29.9 Å². The summed E-state index contributed by atoms with van der Waals surface area (Å²) in [5, 5.41) is 6.06. The van der Waals surface area contributed by atoms with Gasteiger partial charge in [0, 0.05) is 6.42 Å². The number of nitrogens with one attached hydrogen (secondary N) is 2. The average Bonchev–Trinajstić information content (AvgIpc) is 2.80. The lowest BCUT2D eigenvalue weighted by Crippen LogP contribution is -2.47. The number of carbonyl (C=O) groups excluding carboxylic acids is 2. The van der Waals surface area contributed by atoms with E-state index in [1.807, 2.05) is 12.3 Å². The van der Waals surface area contributed by atoms with E-state index in [0.29, 0.717) is 12.8 Å². The molecule has 2 atom stereocenters. The van der Waals surface area contributed by atoms with Crippen LogP contribution in [0.25, 0.3) is 0 Å². The highest BCUT2D eigenvalue weighted by Crippen LogP contribution is 2.28. The van der Waals surface area contributed by atoms with Crippen molar-refractivity contribution in [3.63, 3.8) is 0 Å².